The lowest BCUT2D eigenvalue weighted by Crippen LogP contribution is -2.30. The Morgan fingerprint density at radius 1 is 1.29 bits per heavy atom. The van der Waals surface area contributed by atoms with Gasteiger partial charge >= 0.3 is 0 Å². The molecule has 0 fully saturated rings. The molecule has 1 aliphatic rings. The molecule has 0 saturated heterocycles. The highest BCUT2D eigenvalue weighted by atomic mass is 15.1. The van der Waals surface area contributed by atoms with Gasteiger partial charge in [0.1, 0.15) is 0 Å². The van der Waals surface area contributed by atoms with Crippen LogP contribution in [0.3, 0.4) is 0 Å². The van der Waals surface area contributed by atoms with Gasteiger partial charge in [-0.25, -0.2) is 0 Å². The van der Waals surface area contributed by atoms with Crippen molar-refractivity contribution in [2.75, 3.05) is 18.0 Å². The Morgan fingerprint density at radius 3 is 2.88 bits per heavy atom. The normalized spacial score (nSPS) is 15.3. The van der Waals surface area contributed by atoms with Crippen LogP contribution in [0.5, 0.6) is 0 Å². The Balaban J connectivity index is 2.21. The Bertz CT molecular complexity index is 443. The summed E-state index contributed by atoms with van der Waals surface area (Å²) in [4.78, 5) is 2.43. The summed E-state index contributed by atoms with van der Waals surface area (Å²) < 4.78 is 0. The van der Waals surface area contributed by atoms with E-state index in [2.05, 4.69) is 42.3 Å². The van der Waals surface area contributed by atoms with E-state index in [1.165, 1.54) is 29.7 Å². The lowest BCUT2D eigenvalue weighted by molar-refractivity contribution is 0.717. The molecule has 1 aromatic carbocycles. The maximum absolute atomic E-state index is 3.86. The van der Waals surface area contributed by atoms with Crippen LogP contribution in [0.1, 0.15) is 12.0 Å². The van der Waals surface area contributed by atoms with Crippen molar-refractivity contribution in [1.29, 1.82) is 0 Å². The number of nitrogens with zero attached hydrogens (tertiary/aromatic N) is 1. The Morgan fingerprint density at radius 2 is 2.12 bits per heavy atom. The van der Waals surface area contributed by atoms with Crippen LogP contribution in [-0.4, -0.2) is 13.1 Å². The van der Waals surface area contributed by atoms with Crippen LogP contribution in [0.4, 0.5) is 5.69 Å². The highest BCUT2D eigenvalue weighted by Crippen LogP contribution is 2.27. The maximum atomic E-state index is 3.86. The Hall–Kier alpha value is -1.76. The second kappa shape index (κ2) is 5.53. The van der Waals surface area contributed by atoms with Crippen molar-refractivity contribution in [2.24, 2.45) is 0 Å². The van der Waals surface area contributed by atoms with E-state index in [1.807, 2.05) is 18.2 Å². The Kier molecular flexibility index (Phi) is 3.81. The van der Waals surface area contributed by atoms with Crippen LogP contribution in [0.2, 0.25) is 0 Å². The number of allylic oxidation sites excluding steroid dienone is 2. The number of para-hydroxylation sites is 1. The molecule has 0 spiro atoms. The molecule has 88 valence electrons. The van der Waals surface area contributed by atoms with Gasteiger partial charge in [-0.05, 0) is 30.0 Å². The molecule has 1 nitrogen and oxygen atoms in total. The highest BCUT2D eigenvalue weighted by molar-refractivity contribution is 5.56. The monoisotopic (exact) mass is 225 g/mol. The van der Waals surface area contributed by atoms with E-state index < -0.39 is 0 Å². The number of aryl methyl sites for hydroxylation is 1. The first-order valence-electron chi connectivity index (χ1n) is 6.12. The lowest BCUT2D eigenvalue weighted by atomic mass is 10.0. The van der Waals surface area contributed by atoms with Crippen LogP contribution in [0.15, 0.2) is 61.2 Å². The molecule has 0 radical (unpaired) electrons. The predicted octanol–water partition coefficient (Wildman–Crippen LogP) is 3.74. The van der Waals surface area contributed by atoms with Crippen LogP contribution < -0.4 is 4.90 Å². The van der Waals surface area contributed by atoms with Crippen LogP contribution in [0.25, 0.3) is 0 Å². The number of anilines is 1. The van der Waals surface area contributed by atoms with Gasteiger partial charge in [-0.3, -0.25) is 0 Å². The van der Waals surface area contributed by atoms with Gasteiger partial charge < -0.3 is 4.90 Å². The molecule has 0 N–H and O–H groups in total. The molecule has 1 heteroatoms. The number of hydrogen-bond donors (Lipinski definition) is 0. The fourth-order valence-electron chi connectivity index (χ4n) is 2.33. The molecule has 0 unspecified atom stereocenters. The van der Waals surface area contributed by atoms with Gasteiger partial charge in [-0.15, -0.1) is 0 Å². The summed E-state index contributed by atoms with van der Waals surface area (Å²) in [7, 11) is 0. The van der Waals surface area contributed by atoms with E-state index in [4.69, 9.17) is 0 Å². The third-order valence-electron chi connectivity index (χ3n) is 3.17. The number of hydrogen-bond acceptors (Lipinski definition) is 1. The zero-order valence-electron chi connectivity index (χ0n) is 10.2. The molecule has 1 aromatic rings. The zero-order valence-corrected chi connectivity index (χ0v) is 10.2. The van der Waals surface area contributed by atoms with Gasteiger partial charge in [-0.2, -0.15) is 0 Å². The molecule has 0 amide bonds. The first-order chi connectivity index (χ1) is 8.35. The minimum atomic E-state index is 0.923. The second-order valence-electron chi connectivity index (χ2n) is 4.34. The standard InChI is InChI=1S/C16H19N/c1-3-8-14(4-2)13-17-12-7-10-15-9-5-6-11-16(15)17/h3-6,8-9,11H,1-2,7,10,12-13H2/b14-8+. The lowest BCUT2D eigenvalue weighted by Gasteiger charge is -2.31. The quantitative estimate of drug-likeness (QED) is 0.706. The van der Waals surface area contributed by atoms with Crippen LogP contribution in [-0.2, 0) is 6.42 Å². The van der Waals surface area contributed by atoms with Crippen molar-refractivity contribution in [3.05, 3.63) is 66.8 Å². The smallest absolute Gasteiger partial charge is 0.0429 e. The average molecular weight is 225 g/mol. The van der Waals surface area contributed by atoms with Gasteiger partial charge in [-0.1, -0.05) is 49.6 Å². The van der Waals surface area contributed by atoms with E-state index in [-0.39, 0.29) is 0 Å². The third kappa shape index (κ3) is 2.68. The molecule has 0 aliphatic carbocycles. The van der Waals surface area contributed by atoms with E-state index in [9.17, 15) is 0 Å². The van der Waals surface area contributed by atoms with Gasteiger partial charge in [0, 0.05) is 18.8 Å². The number of rotatable bonds is 4. The maximum Gasteiger partial charge on any atom is 0.0429 e. The summed E-state index contributed by atoms with van der Waals surface area (Å²) in [6, 6.07) is 8.67. The topological polar surface area (TPSA) is 3.24 Å². The third-order valence-corrected chi connectivity index (χ3v) is 3.17. The molecular weight excluding hydrogens is 206 g/mol. The van der Waals surface area contributed by atoms with E-state index >= 15 is 0 Å². The molecule has 0 aromatic heterocycles. The van der Waals surface area contributed by atoms with Crippen molar-refractivity contribution in [1.82, 2.24) is 0 Å². The second-order valence-corrected chi connectivity index (χ2v) is 4.34. The van der Waals surface area contributed by atoms with Crippen molar-refractivity contribution in [3.8, 4) is 0 Å². The summed E-state index contributed by atoms with van der Waals surface area (Å²) in [5, 5.41) is 0. The minimum absolute atomic E-state index is 0.923. The summed E-state index contributed by atoms with van der Waals surface area (Å²) >= 11 is 0. The van der Waals surface area contributed by atoms with Crippen molar-refractivity contribution < 1.29 is 0 Å². The molecule has 0 saturated carbocycles. The molecular formula is C16H19N. The van der Waals surface area contributed by atoms with E-state index in [0.717, 1.165) is 13.1 Å². The van der Waals surface area contributed by atoms with Crippen LogP contribution in [0, 0.1) is 0 Å². The van der Waals surface area contributed by atoms with Crippen molar-refractivity contribution in [3.63, 3.8) is 0 Å². The first-order valence-corrected chi connectivity index (χ1v) is 6.12. The first kappa shape index (κ1) is 11.7. The minimum Gasteiger partial charge on any atom is -0.367 e. The summed E-state index contributed by atoms with van der Waals surface area (Å²) in [6.45, 7) is 9.65. The molecule has 1 heterocycles. The summed E-state index contributed by atoms with van der Waals surface area (Å²) in [5.74, 6) is 0. The van der Waals surface area contributed by atoms with Crippen LogP contribution >= 0.6 is 0 Å². The van der Waals surface area contributed by atoms with Gasteiger partial charge in [0.2, 0.25) is 0 Å². The summed E-state index contributed by atoms with van der Waals surface area (Å²) in [6.07, 6.45) is 8.20. The van der Waals surface area contributed by atoms with Gasteiger partial charge in [0.25, 0.3) is 0 Å². The average Bonchev–Trinajstić information content (AvgIpc) is 2.38. The van der Waals surface area contributed by atoms with E-state index in [1.54, 1.807) is 0 Å². The molecule has 17 heavy (non-hydrogen) atoms. The highest BCUT2D eigenvalue weighted by Gasteiger charge is 2.15. The number of fused-ring (bicyclic) bond motifs is 1. The SMILES string of the molecule is C=C/C=C(\C=C)CN1CCCc2ccccc21. The fourth-order valence-corrected chi connectivity index (χ4v) is 2.33. The molecule has 0 bridgehead atoms. The number of benzene rings is 1. The van der Waals surface area contributed by atoms with Gasteiger partial charge in [0.15, 0.2) is 0 Å². The van der Waals surface area contributed by atoms with E-state index in [0.29, 0.717) is 0 Å². The molecule has 1 aliphatic heterocycles. The molecule has 2 rings (SSSR count). The van der Waals surface area contributed by atoms with Crippen molar-refractivity contribution >= 4 is 5.69 Å². The summed E-state index contributed by atoms with van der Waals surface area (Å²) in [5.41, 5.74) is 4.05. The Labute approximate surface area is 104 Å². The van der Waals surface area contributed by atoms with Crippen molar-refractivity contribution in [2.45, 2.75) is 12.8 Å². The zero-order chi connectivity index (χ0) is 12.1. The molecule has 0 atom stereocenters. The largest absolute Gasteiger partial charge is 0.367 e. The fraction of sp³-hybridized carbons (Fsp3) is 0.250. The van der Waals surface area contributed by atoms with Gasteiger partial charge in [0.05, 0.1) is 0 Å². The predicted molar refractivity (Wildman–Crippen MR) is 75.5 cm³/mol.